The van der Waals surface area contributed by atoms with Gasteiger partial charge in [-0.15, -0.1) is 11.3 Å². The minimum Gasteiger partial charge on any atom is -0.375 e. The minimum absolute atomic E-state index is 0.0287. The average molecular weight is 382 g/mol. The predicted molar refractivity (Wildman–Crippen MR) is 92.2 cm³/mol. The summed E-state index contributed by atoms with van der Waals surface area (Å²) in [6, 6.07) is 11.0. The molecule has 0 spiro atoms. The summed E-state index contributed by atoms with van der Waals surface area (Å²) in [5.41, 5.74) is 0.802. The summed E-state index contributed by atoms with van der Waals surface area (Å²) in [6.07, 6.45) is 0.758. The van der Waals surface area contributed by atoms with E-state index in [0.717, 1.165) is 16.6 Å². The molecule has 3 N–H and O–H groups in total. The van der Waals surface area contributed by atoms with Gasteiger partial charge in [0, 0.05) is 21.6 Å². The lowest BCUT2D eigenvalue weighted by molar-refractivity contribution is -0.118. The number of halogens is 1. The van der Waals surface area contributed by atoms with E-state index in [1.54, 1.807) is 11.3 Å². The molecule has 1 heterocycles. The fourth-order valence-corrected chi connectivity index (χ4v) is 2.88. The number of imide groups is 1. The van der Waals surface area contributed by atoms with Crippen molar-refractivity contribution < 1.29 is 9.59 Å². The average Bonchev–Trinajstić information content (AvgIpc) is 2.99. The van der Waals surface area contributed by atoms with Crippen molar-refractivity contribution in [2.24, 2.45) is 0 Å². The van der Waals surface area contributed by atoms with Crippen LogP contribution >= 0.6 is 27.3 Å². The molecule has 7 heteroatoms. The molecule has 0 aliphatic heterocycles. The van der Waals surface area contributed by atoms with Crippen LogP contribution in [0.2, 0.25) is 0 Å². The van der Waals surface area contributed by atoms with Crippen molar-refractivity contribution in [3.63, 3.8) is 0 Å². The van der Waals surface area contributed by atoms with Gasteiger partial charge < -0.3 is 10.6 Å². The SMILES string of the molecule is O=C(CNc1ccccc1Br)NC(=O)NCCc1cccs1. The third-order valence-electron chi connectivity index (χ3n) is 2.80. The summed E-state index contributed by atoms with van der Waals surface area (Å²) in [4.78, 5) is 24.5. The molecule has 0 fully saturated rings. The molecule has 0 aliphatic rings. The highest BCUT2D eigenvalue weighted by Crippen LogP contribution is 2.20. The molecular weight excluding hydrogens is 366 g/mol. The first-order valence-corrected chi connectivity index (χ1v) is 8.41. The lowest BCUT2D eigenvalue weighted by Crippen LogP contribution is -2.42. The normalized spacial score (nSPS) is 10.0. The Morgan fingerprint density at radius 1 is 1.14 bits per heavy atom. The Hall–Kier alpha value is -1.86. The van der Waals surface area contributed by atoms with Crippen LogP contribution in [0.1, 0.15) is 4.88 Å². The van der Waals surface area contributed by atoms with Crippen LogP contribution in [0, 0.1) is 0 Å². The molecule has 0 aliphatic carbocycles. The molecule has 2 rings (SSSR count). The van der Waals surface area contributed by atoms with Crippen molar-refractivity contribution in [3.05, 3.63) is 51.1 Å². The number of para-hydroxylation sites is 1. The highest BCUT2D eigenvalue weighted by atomic mass is 79.9. The Morgan fingerprint density at radius 2 is 1.95 bits per heavy atom. The summed E-state index contributed by atoms with van der Waals surface area (Å²) in [5, 5.41) is 9.90. The zero-order chi connectivity index (χ0) is 15.8. The quantitative estimate of drug-likeness (QED) is 0.720. The van der Waals surface area contributed by atoms with Crippen LogP contribution in [0.25, 0.3) is 0 Å². The molecule has 0 saturated carbocycles. The minimum atomic E-state index is -0.476. The van der Waals surface area contributed by atoms with Gasteiger partial charge in [-0.25, -0.2) is 4.79 Å². The third-order valence-corrected chi connectivity index (χ3v) is 4.43. The molecule has 116 valence electrons. The molecule has 2 aromatic rings. The molecule has 1 aromatic carbocycles. The second kappa shape index (κ2) is 8.55. The zero-order valence-corrected chi connectivity index (χ0v) is 14.2. The van der Waals surface area contributed by atoms with Gasteiger partial charge in [0.15, 0.2) is 0 Å². The molecule has 0 bridgehead atoms. The topological polar surface area (TPSA) is 70.2 Å². The molecule has 0 saturated heterocycles. The maximum Gasteiger partial charge on any atom is 0.321 e. The molecular formula is C15H16BrN3O2S. The summed E-state index contributed by atoms with van der Waals surface area (Å²) < 4.78 is 0.864. The third kappa shape index (κ3) is 5.50. The Morgan fingerprint density at radius 3 is 2.68 bits per heavy atom. The van der Waals surface area contributed by atoms with Crippen LogP contribution in [0.15, 0.2) is 46.3 Å². The van der Waals surface area contributed by atoms with Gasteiger partial charge in [0.05, 0.1) is 6.54 Å². The standard InChI is InChI=1S/C15H16BrN3O2S/c16-12-5-1-2-6-13(12)18-10-14(20)19-15(21)17-8-7-11-4-3-9-22-11/h1-6,9,18H,7-8,10H2,(H2,17,19,20,21). The smallest absolute Gasteiger partial charge is 0.321 e. The van der Waals surface area contributed by atoms with Gasteiger partial charge in [-0.05, 0) is 45.9 Å². The van der Waals surface area contributed by atoms with E-state index < -0.39 is 6.03 Å². The maximum atomic E-state index is 11.7. The van der Waals surface area contributed by atoms with E-state index in [0.29, 0.717) is 6.54 Å². The first kappa shape index (κ1) is 16.5. The fourth-order valence-electron chi connectivity index (χ4n) is 1.75. The Kier molecular flexibility index (Phi) is 6.42. The fraction of sp³-hybridized carbons (Fsp3) is 0.200. The highest BCUT2D eigenvalue weighted by molar-refractivity contribution is 9.10. The number of carbonyl (C=O) groups is 2. The van der Waals surface area contributed by atoms with Gasteiger partial charge in [-0.1, -0.05) is 18.2 Å². The second-order valence-corrected chi connectivity index (χ2v) is 6.35. The van der Waals surface area contributed by atoms with Gasteiger partial charge in [0.1, 0.15) is 0 Å². The largest absolute Gasteiger partial charge is 0.375 e. The van der Waals surface area contributed by atoms with E-state index in [-0.39, 0.29) is 12.5 Å². The molecule has 5 nitrogen and oxygen atoms in total. The number of carbonyl (C=O) groups excluding carboxylic acids is 2. The number of hydrogen-bond acceptors (Lipinski definition) is 4. The van der Waals surface area contributed by atoms with E-state index in [2.05, 4.69) is 31.9 Å². The monoisotopic (exact) mass is 381 g/mol. The Labute approximate surface area is 141 Å². The van der Waals surface area contributed by atoms with E-state index >= 15 is 0 Å². The number of rotatable bonds is 6. The van der Waals surface area contributed by atoms with Crippen LogP contribution in [-0.2, 0) is 11.2 Å². The van der Waals surface area contributed by atoms with Crippen LogP contribution in [0.4, 0.5) is 10.5 Å². The van der Waals surface area contributed by atoms with Gasteiger partial charge in [0.25, 0.3) is 0 Å². The summed E-state index contributed by atoms with van der Waals surface area (Å²) in [7, 11) is 0. The molecule has 1 aromatic heterocycles. The number of nitrogens with one attached hydrogen (secondary N) is 3. The van der Waals surface area contributed by atoms with Gasteiger partial charge in [0.2, 0.25) is 5.91 Å². The molecule has 0 radical (unpaired) electrons. The Balaban J connectivity index is 1.66. The lowest BCUT2D eigenvalue weighted by atomic mass is 10.3. The number of amides is 3. The summed E-state index contributed by atoms with van der Waals surface area (Å²) >= 11 is 5.02. The van der Waals surface area contributed by atoms with Crippen molar-refractivity contribution >= 4 is 44.9 Å². The van der Waals surface area contributed by atoms with Crippen molar-refractivity contribution in [1.29, 1.82) is 0 Å². The van der Waals surface area contributed by atoms with Crippen LogP contribution in [0.3, 0.4) is 0 Å². The van der Waals surface area contributed by atoms with Crippen molar-refractivity contribution in [2.45, 2.75) is 6.42 Å². The van der Waals surface area contributed by atoms with E-state index in [1.165, 1.54) is 4.88 Å². The lowest BCUT2D eigenvalue weighted by Gasteiger charge is -2.09. The van der Waals surface area contributed by atoms with Crippen LogP contribution < -0.4 is 16.0 Å². The van der Waals surface area contributed by atoms with E-state index in [1.807, 2.05) is 41.8 Å². The number of urea groups is 1. The van der Waals surface area contributed by atoms with Crippen molar-refractivity contribution in [1.82, 2.24) is 10.6 Å². The number of benzene rings is 1. The van der Waals surface area contributed by atoms with Gasteiger partial charge in [-0.3, -0.25) is 10.1 Å². The highest BCUT2D eigenvalue weighted by Gasteiger charge is 2.07. The number of anilines is 1. The number of thiophene rings is 1. The first-order chi connectivity index (χ1) is 10.6. The number of hydrogen-bond donors (Lipinski definition) is 3. The summed E-state index contributed by atoms with van der Waals surface area (Å²) in [6.45, 7) is 0.526. The van der Waals surface area contributed by atoms with Crippen LogP contribution in [0.5, 0.6) is 0 Å². The summed E-state index contributed by atoms with van der Waals surface area (Å²) in [5.74, 6) is -0.385. The van der Waals surface area contributed by atoms with Gasteiger partial charge in [-0.2, -0.15) is 0 Å². The molecule has 22 heavy (non-hydrogen) atoms. The maximum absolute atomic E-state index is 11.7. The van der Waals surface area contributed by atoms with E-state index in [4.69, 9.17) is 0 Å². The molecule has 0 unspecified atom stereocenters. The van der Waals surface area contributed by atoms with E-state index in [9.17, 15) is 9.59 Å². The first-order valence-electron chi connectivity index (χ1n) is 6.73. The van der Waals surface area contributed by atoms with Crippen molar-refractivity contribution in [3.8, 4) is 0 Å². The van der Waals surface area contributed by atoms with Crippen LogP contribution in [-0.4, -0.2) is 25.0 Å². The predicted octanol–water partition coefficient (Wildman–Crippen LogP) is 2.99. The zero-order valence-electron chi connectivity index (χ0n) is 11.8. The second-order valence-electron chi connectivity index (χ2n) is 4.47. The molecule has 3 amide bonds. The van der Waals surface area contributed by atoms with Gasteiger partial charge >= 0.3 is 6.03 Å². The Bertz CT molecular complexity index is 631. The van der Waals surface area contributed by atoms with Crippen molar-refractivity contribution in [2.75, 3.05) is 18.4 Å². The molecule has 0 atom stereocenters.